The Bertz CT molecular complexity index is 608. The summed E-state index contributed by atoms with van der Waals surface area (Å²) in [5, 5.41) is 1.49. The van der Waals surface area contributed by atoms with Crippen molar-refractivity contribution in [2.45, 2.75) is 13.3 Å². The Labute approximate surface area is 112 Å². The summed E-state index contributed by atoms with van der Waals surface area (Å²) in [5.74, 6) is 0.106. The first-order chi connectivity index (χ1) is 8.48. The van der Waals surface area contributed by atoms with Gasteiger partial charge in [0.25, 0.3) is 0 Å². The van der Waals surface area contributed by atoms with Crippen LogP contribution in [0.2, 0.25) is 5.02 Å². The average molecular weight is 264 g/mol. The third-order valence-electron chi connectivity index (χ3n) is 3.22. The maximum absolute atomic E-state index is 12.0. The number of para-hydroxylation sites is 1. The lowest BCUT2D eigenvalue weighted by atomic mass is 10.2. The number of nitrogens with zero attached hydrogens (tertiary/aromatic N) is 2. The lowest BCUT2D eigenvalue weighted by Gasteiger charge is -2.26. The van der Waals surface area contributed by atoms with Crippen molar-refractivity contribution in [3.05, 3.63) is 35.5 Å². The molecule has 0 aliphatic carbocycles. The Kier molecular flexibility index (Phi) is 3.37. The molecule has 0 spiro atoms. The third kappa shape index (κ3) is 2.00. The Morgan fingerprint density at radius 2 is 2.00 bits per heavy atom. The van der Waals surface area contributed by atoms with E-state index in [2.05, 4.69) is 4.98 Å². The van der Waals surface area contributed by atoms with E-state index < -0.39 is 0 Å². The van der Waals surface area contributed by atoms with Crippen LogP contribution in [-0.4, -0.2) is 25.0 Å². The molecule has 0 saturated carbocycles. The Balaban J connectivity index is 2.66. The SMILES string of the molecule is CCC(=O)[N+](C)(C)c1cnc2ccccc2c1Cl. The van der Waals surface area contributed by atoms with E-state index in [1.807, 2.05) is 45.3 Å². The summed E-state index contributed by atoms with van der Waals surface area (Å²) in [6.07, 6.45) is 2.16. The number of benzene rings is 1. The molecular formula is C14H16ClN2O+. The smallest absolute Gasteiger partial charge is 0.250 e. The maximum atomic E-state index is 12.0. The van der Waals surface area contributed by atoms with Gasteiger partial charge in [-0.3, -0.25) is 0 Å². The van der Waals surface area contributed by atoms with E-state index in [1.165, 1.54) is 0 Å². The predicted octanol–water partition coefficient (Wildman–Crippen LogP) is 3.39. The lowest BCUT2D eigenvalue weighted by Crippen LogP contribution is -2.46. The maximum Gasteiger partial charge on any atom is 0.318 e. The molecule has 0 aliphatic heterocycles. The van der Waals surface area contributed by atoms with Crippen molar-refractivity contribution in [3.63, 3.8) is 0 Å². The molecule has 0 atom stereocenters. The van der Waals surface area contributed by atoms with Crippen LogP contribution in [0.1, 0.15) is 13.3 Å². The van der Waals surface area contributed by atoms with Crippen LogP contribution in [0, 0.1) is 0 Å². The number of aromatic nitrogens is 1. The number of hydrogen-bond donors (Lipinski definition) is 0. The van der Waals surface area contributed by atoms with Gasteiger partial charge in [-0.2, -0.15) is 0 Å². The standard InChI is InChI=1S/C14H16ClN2O/c1-4-13(18)17(2,3)12-9-16-11-8-6-5-7-10(11)14(12)15/h5-9H,4H2,1-3H3/q+1. The summed E-state index contributed by atoms with van der Waals surface area (Å²) in [6, 6.07) is 7.67. The molecule has 1 aromatic heterocycles. The van der Waals surface area contributed by atoms with Gasteiger partial charge in [-0.15, -0.1) is 0 Å². The molecule has 0 saturated heterocycles. The summed E-state index contributed by atoms with van der Waals surface area (Å²) in [6.45, 7) is 1.85. The minimum absolute atomic E-state index is 0.106. The van der Waals surface area contributed by atoms with E-state index in [4.69, 9.17) is 11.6 Å². The Morgan fingerprint density at radius 3 is 2.67 bits per heavy atom. The van der Waals surface area contributed by atoms with Crippen molar-refractivity contribution in [2.75, 3.05) is 14.1 Å². The molecule has 3 nitrogen and oxygen atoms in total. The predicted molar refractivity (Wildman–Crippen MR) is 75.7 cm³/mol. The number of amides is 1. The second-order valence-corrected chi connectivity index (χ2v) is 5.05. The molecule has 2 aromatic rings. The fourth-order valence-corrected chi connectivity index (χ4v) is 2.44. The van der Waals surface area contributed by atoms with Gasteiger partial charge in [-0.25, -0.2) is 14.3 Å². The fourth-order valence-electron chi connectivity index (χ4n) is 2.02. The van der Waals surface area contributed by atoms with Crippen LogP contribution in [0.3, 0.4) is 0 Å². The van der Waals surface area contributed by atoms with Gasteiger partial charge >= 0.3 is 5.91 Å². The van der Waals surface area contributed by atoms with Crippen molar-refractivity contribution in [2.24, 2.45) is 0 Å². The normalized spacial score (nSPS) is 11.8. The number of rotatable bonds is 2. The summed E-state index contributed by atoms with van der Waals surface area (Å²) >= 11 is 6.42. The minimum atomic E-state index is 0.106. The van der Waals surface area contributed by atoms with Gasteiger partial charge in [-0.1, -0.05) is 36.7 Å². The Morgan fingerprint density at radius 1 is 1.33 bits per heavy atom. The molecule has 18 heavy (non-hydrogen) atoms. The molecule has 1 amide bonds. The highest BCUT2D eigenvalue weighted by Gasteiger charge is 2.31. The number of carbonyl (C=O) groups excluding carboxylic acids is 1. The molecule has 0 bridgehead atoms. The monoisotopic (exact) mass is 263 g/mol. The Hall–Kier alpha value is -1.45. The first-order valence-electron chi connectivity index (χ1n) is 5.89. The van der Waals surface area contributed by atoms with Crippen LogP contribution in [0.25, 0.3) is 10.9 Å². The number of halogens is 1. The molecule has 0 fully saturated rings. The highest BCUT2D eigenvalue weighted by molar-refractivity contribution is 6.38. The third-order valence-corrected chi connectivity index (χ3v) is 3.62. The van der Waals surface area contributed by atoms with Crippen LogP contribution >= 0.6 is 11.6 Å². The molecule has 0 radical (unpaired) electrons. The van der Waals surface area contributed by atoms with Gasteiger partial charge in [0.2, 0.25) is 0 Å². The second kappa shape index (κ2) is 4.67. The highest BCUT2D eigenvalue weighted by Crippen LogP contribution is 2.34. The van der Waals surface area contributed by atoms with Crippen molar-refractivity contribution >= 4 is 34.1 Å². The zero-order chi connectivity index (χ0) is 13.3. The molecule has 0 aliphatic rings. The number of fused-ring (bicyclic) bond motifs is 1. The van der Waals surface area contributed by atoms with Crippen molar-refractivity contribution in [3.8, 4) is 0 Å². The fraction of sp³-hybridized carbons (Fsp3) is 0.286. The van der Waals surface area contributed by atoms with Crippen LogP contribution in [0.4, 0.5) is 5.69 Å². The van der Waals surface area contributed by atoms with Gasteiger partial charge in [0.15, 0.2) is 5.69 Å². The second-order valence-electron chi connectivity index (χ2n) is 4.68. The first kappa shape index (κ1) is 13.0. The molecule has 0 unspecified atom stereocenters. The average Bonchev–Trinajstić information content (AvgIpc) is 2.38. The summed E-state index contributed by atoms with van der Waals surface area (Å²) in [5.41, 5.74) is 1.58. The van der Waals surface area contributed by atoms with Crippen LogP contribution in [0.15, 0.2) is 30.5 Å². The lowest BCUT2D eigenvalue weighted by molar-refractivity contribution is -0.127. The zero-order valence-electron chi connectivity index (χ0n) is 10.8. The van der Waals surface area contributed by atoms with Crippen molar-refractivity contribution in [1.29, 1.82) is 0 Å². The van der Waals surface area contributed by atoms with Crippen molar-refractivity contribution < 1.29 is 4.79 Å². The molecular weight excluding hydrogens is 248 g/mol. The molecule has 0 N–H and O–H groups in total. The van der Waals surface area contributed by atoms with Gasteiger partial charge in [0, 0.05) is 5.39 Å². The summed E-state index contributed by atoms with van der Waals surface area (Å²) in [7, 11) is 3.67. The van der Waals surface area contributed by atoms with E-state index in [0.29, 0.717) is 11.4 Å². The van der Waals surface area contributed by atoms with E-state index in [0.717, 1.165) is 16.6 Å². The number of pyridine rings is 1. The summed E-state index contributed by atoms with van der Waals surface area (Å²) < 4.78 is 0.118. The molecule has 4 heteroatoms. The van der Waals surface area contributed by atoms with E-state index in [-0.39, 0.29) is 10.4 Å². The first-order valence-corrected chi connectivity index (χ1v) is 6.27. The van der Waals surface area contributed by atoms with Gasteiger partial charge in [-0.05, 0) is 6.07 Å². The number of carbonyl (C=O) groups is 1. The van der Waals surface area contributed by atoms with Crippen LogP contribution in [0.5, 0.6) is 0 Å². The van der Waals surface area contributed by atoms with Crippen molar-refractivity contribution in [1.82, 2.24) is 9.47 Å². The number of hydrogen-bond acceptors (Lipinski definition) is 2. The molecule has 1 heterocycles. The quantitative estimate of drug-likeness (QED) is 0.778. The molecule has 1 aromatic carbocycles. The molecule has 2 rings (SSSR count). The number of quaternary nitrogens is 1. The van der Waals surface area contributed by atoms with E-state index in [1.54, 1.807) is 6.20 Å². The molecule has 94 valence electrons. The summed E-state index contributed by atoms with van der Waals surface area (Å²) in [4.78, 5) is 16.4. The largest absolute Gasteiger partial charge is 0.318 e. The van der Waals surface area contributed by atoms with E-state index >= 15 is 0 Å². The topological polar surface area (TPSA) is 30.0 Å². The van der Waals surface area contributed by atoms with Gasteiger partial charge < -0.3 is 0 Å². The van der Waals surface area contributed by atoms with E-state index in [9.17, 15) is 4.79 Å². The van der Waals surface area contributed by atoms with Crippen LogP contribution in [-0.2, 0) is 4.79 Å². The van der Waals surface area contributed by atoms with Gasteiger partial charge in [0.05, 0.1) is 32.2 Å². The zero-order valence-corrected chi connectivity index (χ0v) is 11.5. The van der Waals surface area contributed by atoms with Gasteiger partial charge in [0.1, 0.15) is 5.02 Å². The minimum Gasteiger partial charge on any atom is -0.250 e. The highest BCUT2D eigenvalue weighted by atomic mass is 35.5. The van der Waals surface area contributed by atoms with Crippen LogP contribution < -0.4 is 4.48 Å².